The summed E-state index contributed by atoms with van der Waals surface area (Å²) in [5.41, 5.74) is 1.69. The second-order valence-electron chi connectivity index (χ2n) is 4.42. The van der Waals surface area contributed by atoms with Crippen LogP contribution in [0.15, 0.2) is 42.5 Å². The molecule has 0 aromatic heterocycles. The van der Waals surface area contributed by atoms with Gasteiger partial charge in [-0.05, 0) is 55.0 Å². The first-order valence-corrected chi connectivity index (χ1v) is 6.13. The first-order chi connectivity index (χ1) is 9.95. The molecule has 3 N–H and O–H groups in total. The van der Waals surface area contributed by atoms with Crippen LogP contribution in [0.3, 0.4) is 0 Å². The fourth-order valence-electron chi connectivity index (χ4n) is 1.75. The molecule has 0 saturated heterocycles. The van der Waals surface area contributed by atoms with Crippen molar-refractivity contribution in [2.24, 2.45) is 0 Å². The van der Waals surface area contributed by atoms with Gasteiger partial charge in [-0.25, -0.2) is 14.0 Å². The van der Waals surface area contributed by atoms with Gasteiger partial charge >= 0.3 is 12.0 Å². The van der Waals surface area contributed by atoms with Gasteiger partial charge < -0.3 is 15.7 Å². The molecule has 21 heavy (non-hydrogen) atoms. The highest BCUT2D eigenvalue weighted by atomic mass is 19.1. The quantitative estimate of drug-likeness (QED) is 0.809. The summed E-state index contributed by atoms with van der Waals surface area (Å²) in [7, 11) is 0. The van der Waals surface area contributed by atoms with Crippen LogP contribution in [0.5, 0.6) is 0 Å². The lowest BCUT2D eigenvalue weighted by Crippen LogP contribution is -2.20. The third-order valence-corrected chi connectivity index (χ3v) is 2.83. The lowest BCUT2D eigenvalue weighted by molar-refractivity contribution is 0.0697. The number of aryl methyl sites for hydroxylation is 1. The Bertz CT molecular complexity index is 684. The lowest BCUT2D eigenvalue weighted by atomic mass is 10.2. The van der Waals surface area contributed by atoms with Crippen LogP contribution in [0.4, 0.5) is 20.6 Å². The van der Waals surface area contributed by atoms with Crippen molar-refractivity contribution < 1.29 is 19.1 Å². The number of hydrogen-bond acceptors (Lipinski definition) is 2. The van der Waals surface area contributed by atoms with Crippen molar-refractivity contribution in [2.45, 2.75) is 6.92 Å². The molecule has 0 aliphatic rings. The molecule has 2 aromatic carbocycles. The van der Waals surface area contributed by atoms with Gasteiger partial charge in [0.1, 0.15) is 5.82 Å². The number of rotatable bonds is 3. The van der Waals surface area contributed by atoms with E-state index < -0.39 is 12.0 Å². The lowest BCUT2D eigenvalue weighted by Gasteiger charge is -2.10. The molecule has 2 amide bonds. The third kappa shape index (κ3) is 3.79. The summed E-state index contributed by atoms with van der Waals surface area (Å²) in [6.45, 7) is 1.68. The first kappa shape index (κ1) is 14.5. The van der Waals surface area contributed by atoms with Crippen molar-refractivity contribution in [1.29, 1.82) is 0 Å². The zero-order chi connectivity index (χ0) is 15.4. The third-order valence-electron chi connectivity index (χ3n) is 2.83. The first-order valence-electron chi connectivity index (χ1n) is 6.13. The molecule has 108 valence electrons. The van der Waals surface area contributed by atoms with Crippen molar-refractivity contribution in [1.82, 2.24) is 0 Å². The Labute approximate surface area is 120 Å². The van der Waals surface area contributed by atoms with E-state index in [4.69, 9.17) is 5.11 Å². The van der Waals surface area contributed by atoms with Gasteiger partial charge in [0.05, 0.1) is 5.56 Å². The van der Waals surface area contributed by atoms with Crippen molar-refractivity contribution in [3.63, 3.8) is 0 Å². The number of hydrogen-bond donors (Lipinski definition) is 3. The highest BCUT2D eigenvalue weighted by Crippen LogP contribution is 2.16. The number of anilines is 2. The number of carboxylic acid groups (broad SMARTS) is 1. The highest BCUT2D eigenvalue weighted by Gasteiger charge is 2.07. The molecule has 2 rings (SSSR count). The van der Waals surface area contributed by atoms with Gasteiger partial charge in [0.15, 0.2) is 0 Å². The summed E-state index contributed by atoms with van der Waals surface area (Å²) in [5, 5.41) is 13.9. The zero-order valence-electron chi connectivity index (χ0n) is 11.2. The Kier molecular flexibility index (Phi) is 4.18. The smallest absolute Gasteiger partial charge is 0.335 e. The van der Waals surface area contributed by atoms with Crippen LogP contribution in [-0.2, 0) is 0 Å². The van der Waals surface area contributed by atoms with Gasteiger partial charge in [-0.15, -0.1) is 0 Å². The van der Waals surface area contributed by atoms with Crippen molar-refractivity contribution in [3.8, 4) is 0 Å². The number of aromatic carboxylic acids is 1. The van der Waals surface area contributed by atoms with Crippen molar-refractivity contribution >= 4 is 23.4 Å². The van der Waals surface area contributed by atoms with E-state index in [9.17, 15) is 14.0 Å². The molecular weight excluding hydrogens is 275 g/mol. The molecule has 0 spiro atoms. The highest BCUT2D eigenvalue weighted by molar-refractivity contribution is 6.00. The SMILES string of the molecule is Cc1cc(F)ccc1NC(=O)Nc1ccc(C(=O)O)cc1. The molecule has 0 radical (unpaired) electrons. The average molecular weight is 288 g/mol. The van der Waals surface area contributed by atoms with Crippen LogP contribution in [0.2, 0.25) is 0 Å². The van der Waals surface area contributed by atoms with Gasteiger partial charge in [-0.2, -0.15) is 0 Å². The molecule has 6 heteroatoms. The van der Waals surface area contributed by atoms with Crippen LogP contribution >= 0.6 is 0 Å². The molecule has 2 aromatic rings. The van der Waals surface area contributed by atoms with E-state index in [-0.39, 0.29) is 11.4 Å². The predicted octanol–water partition coefficient (Wildman–Crippen LogP) is 3.48. The Hall–Kier alpha value is -2.89. The number of carbonyl (C=O) groups is 2. The molecule has 0 unspecified atom stereocenters. The standard InChI is InChI=1S/C15H13FN2O3/c1-9-8-11(16)4-7-13(9)18-15(21)17-12-5-2-10(3-6-12)14(19)20/h2-8H,1H3,(H,19,20)(H2,17,18,21). The van der Waals surface area contributed by atoms with Crippen molar-refractivity contribution in [2.75, 3.05) is 10.6 Å². The van der Waals surface area contributed by atoms with E-state index in [1.807, 2.05) is 0 Å². The van der Waals surface area contributed by atoms with E-state index in [0.717, 1.165) is 0 Å². The van der Waals surface area contributed by atoms with Gasteiger partial charge in [0, 0.05) is 11.4 Å². The van der Waals surface area contributed by atoms with E-state index in [0.29, 0.717) is 16.9 Å². The molecule has 0 atom stereocenters. The molecule has 0 aliphatic carbocycles. The minimum atomic E-state index is -1.03. The van der Waals surface area contributed by atoms with Crippen LogP contribution in [0.1, 0.15) is 15.9 Å². The number of urea groups is 1. The molecule has 0 bridgehead atoms. The minimum Gasteiger partial charge on any atom is -0.478 e. The number of amides is 2. The van der Waals surface area contributed by atoms with Crippen LogP contribution in [0, 0.1) is 12.7 Å². The molecule has 0 heterocycles. The fourth-order valence-corrected chi connectivity index (χ4v) is 1.75. The van der Waals surface area contributed by atoms with E-state index in [1.54, 1.807) is 6.92 Å². The summed E-state index contributed by atoms with van der Waals surface area (Å²) in [4.78, 5) is 22.5. The number of carboxylic acids is 1. The van der Waals surface area contributed by atoms with Crippen LogP contribution in [0.25, 0.3) is 0 Å². The number of carbonyl (C=O) groups excluding carboxylic acids is 1. The second-order valence-corrected chi connectivity index (χ2v) is 4.42. The van der Waals surface area contributed by atoms with E-state index >= 15 is 0 Å². The minimum absolute atomic E-state index is 0.135. The van der Waals surface area contributed by atoms with Gasteiger partial charge in [0.25, 0.3) is 0 Å². The van der Waals surface area contributed by atoms with Gasteiger partial charge in [-0.3, -0.25) is 0 Å². The summed E-state index contributed by atoms with van der Waals surface area (Å²) < 4.78 is 13.0. The molecular formula is C15H13FN2O3. The Morgan fingerprint density at radius 1 is 1.05 bits per heavy atom. The maximum atomic E-state index is 13.0. The average Bonchev–Trinajstić information content (AvgIpc) is 2.42. The number of nitrogens with one attached hydrogen (secondary N) is 2. The Morgan fingerprint density at radius 3 is 2.29 bits per heavy atom. The summed E-state index contributed by atoms with van der Waals surface area (Å²) >= 11 is 0. The predicted molar refractivity (Wildman–Crippen MR) is 77.2 cm³/mol. The van der Waals surface area contributed by atoms with Crippen LogP contribution in [-0.4, -0.2) is 17.1 Å². The zero-order valence-corrected chi connectivity index (χ0v) is 11.2. The summed E-state index contributed by atoms with van der Waals surface area (Å²) in [6.07, 6.45) is 0. The monoisotopic (exact) mass is 288 g/mol. The fraction of sp³-hybridized carbons (Fsp3) is 0.0667. The Morgan fingerprint density at radius 2 is 1.71 bits per heavy atom. The van der Waals surface area contributed by atoms with Gasteiger partial charge in [0.2, 0.25) is 0 Å². The van der Waals surface area contributed by atoms with Gasteiger partial charge in [-0.1, -0.05) is 0 Å². The molecule has 0 aliphatic heterocycles. The molecule has 0 fully saturated rings. The molecule has 0 saturated carbocycles. The largest absolute Gasteiger partial charge is 0.478 e. The maximum Gasteiger partial charge on any atom is 0.335 e. The maximum absolute atomic E-state index is 13.0. The normalized spacial score (nSPS) is 10.0. The second kappa shape index (κ2) is 6.04. The number of benzene rings is 2. The summed E-state index contributed by atoms with van der Waals surface area (Å²) in [6, 6.07) is 9.30. The summed E-state index contributed by atoms with van der Waals surface area (Å²) in [5.74, 6) is -1.41. The topological polar surface area (TPSA) is 78.4 Å². The Balaban J connectivity index is 2.02. The van der Waals surface area contributed by atoms with E-state index in [1.165, 1.54) is 42.5 Å². The van der Waals surface area contributed by atoms with Crippen LogP contribution < -0.4 is 10.6 Å². The van der Waals surface area contributed by atoms with E-state index in [2.05, 4.69) is 10.6 Å². The molecule has 5 nitrogen and oxygen atoms in total. The van der Waals surface area contributed by atoms with Crippen molar-refractivity contribution in [3.05, 3.63) is 59.4 Å². The number of halogens is 1.